The van der Waals surface area contributed by atoms with Crippen molar-refractivity contribution in [2.45, 2.75) is 296 Å². The number of allylic oxidation sites excluding steroid dienone is 3. The van der Waals surface area contributed by atoms with E-state index < -0.39 is 20.0 Å². The zero-order chi connectivity index (χ0) is 50.1. The normalized spacial score (nSPS) is 13.9. The number of quaternary nitrogens is 1. The Morgan fingerprint density at radius 3 is 1.26 bits per heavy atom. The van der Waals surface area contributed by atoms with E-state index in [1.165, 1.54) is 180 Å². The second kappa shape index (κ2) is 49.1. The Morgan fingerprint density at radius 1 is 0.500 bits per heavy atom. The molecule has 0 saturated carbocycles. The molecule has 1 N–H and O–H groups in total. The minimum absolute atomic E-state index is 0.0196. The van der Waals surface area contributed by atoms with Crippen LogP contribution in [-0.4, -0.2) is 69.4 Å². The molecule has 68 heavy (non-hydrogen) atoms. The van der Waals surface area contributed by atoms with E-state index in [0.29, 0.717) is 17.4 Å². The van der Waals surface area contributed by atoms with E-state index in [4.69, 9.17) is 13.8 Å². The summed E-state index contributed by atoms with van der Waals surface area (Å²) in [7, 11) is 1.19. The zero-order valence-corrected chi connectivity index (χ0v) is 46.7. The molecule has 0 aromatic carbocycles. The van der Waals surface area contributed by atoms with Crippen LogP contribution in [0.3, 0.4) is 0 Å². The van der Waals surface area contributed by atoms with Crippen LogP contribution < -0.4 is 10.2 Å². The standard InChI is InChI=1S/C58H113N2O7P/c1-7-10-13-16-19-22-25-27-29-31-32-35-38-41-44-47-50-57(61)59-55(54-66-68(63,64)65-53-52-60(4,5)6)56(49-46-43-40-37-34-24-21-18-15-12-9-3)67-58(62)51-48-45-42-39-36-33-30-28-26-23-20-17-14-11-8-2/h23,26,46,49,55-56H,7-22,24-25,27-45,47-48,50-54H2,1-6H3,(H-,59,61,63,64)/b26-23-,49-46+. The van der Waals surface area contributed by atoms with Gasteiger partial charge in [0.25, 0.3) is 7.82 Å². The first kappa shape index (κ1) is 66.5. The number of unbranched alkanes of at least 4 members (excludes halogenated alkanes) is 35. The number of hydrogen-bond acceptors (Lipinski definition) is 7. The number of amides is 1. The number of rotatable bonds is 53. The highest BCUT2D eigenvalue weighted by Gasteiger charge is 2.27. The van der Waals surface area contributed by atoms with Gasteiger partial charge in [0.2, 0.25) is 5.91 Å². The van der Waals surface area contributed by atoms with Gasteiger partial charge in [-0.2, -0.15) is 0 Å². The summed E-state index contributed by atoms with van der Waals surface area (Å²) in [6.45, 7) is 6.85. The molecule has 0 aliphatic rings. The lowest BCUT2D eigenvalue weighted by Crippen LogP contribution is -2.47. The largest absolute Gasteiger partial charge is 0.756 e. The Morgan fingerprint density at radius 2 is 0.853 bits per heavy atom. The molecule has 0 spiro atoms. The monoisotopic (exact) mass is 981 g/mol. The summed E-state index contributed by atoms with van der Waals surface area (Å²) in [5.74, 6) is -0.534. The van der Waals surface area contributed by atoms with Gasteiger partial charge in [-0.1, -0.05) is 238 Å². The number of phosphoric acid groups is 1. The third-order valence-corrected chi connectivity index (χ3v) is 14.1. The fourth-order valence-electron chi connectivity index (χ4n) is 8.58. The Labute approximate surface area is 422 Å². The van der Waals surface area contributed by atoms with Crippen LogP contribution in [0, 0.1) is 0 Å². The summed E-state index contributed by atoms with van der Waals surface area (Å²) >= 11 is 0. The maximum absolute atomic E-state index is 13.5. The third-order valence-electron chi connectivity index (χ3n) is 13.1. The fourth-order valence-corrected chi connectivity index (χ4v) is 9.30. The minimum Gasteiger partial charge on any atom is -0.756 e. The summed E-state index contributed by atoms with van der Waals surface area (Å²) in [5, 5.41) is 3.02. The topological polar surface area (TPSA) is 114 Å². The predicted octanol–water partition coefficient (Wildman–Crippen LogP) is 16.8. The van der Waals surface area contributed by atoms with E-state index in [1.807, 2.05) is 33.3 Å². The van der Waals surface area contributed by atoms with Crippen LogP contribution in [0.4, 0.5) is 0 Å². The van der Waals surface area contributed by atoms with Gasteiger partial charge >= 0.3 is 5.97 Å². The number of esters is 1. The minimum atomic E-state index is -4.69. The molecule has 0 aromatic heterocycles. The van der Waals surface area contributed by atoms with Crippen molar-refractivity contribution in [3.63, 3.8) is 0 Å². The van der Waals surface area contributed by atoms with Crippen LogP contribution in [0.5, 0.6) is 0 Å². The maximum Gasteiger partial charge on any atom is 0.306 e. The molecule has 0 fully saturated rings. The molecule has 0 aromatic rings. The summed E-state index contributed by atoms with van der Waals surface area (Å²) in [6, 6.07) is -0.882. The van der Waals surface area contributed by atoms with Gasteiger partial charge in [0, 0.05) is 12.8 Å². The molecule has 0 saturated heterocycles. The summed E-state index contributed by atoms with van der Waals surface area (Å²) in [6.07, 6.45) is 55.6. The van der Waals surface area contributed by atoms with Crippen molar-refractivity contribution in [2.24, 2.45) is 0 Å². The lowest BCUT2D eigenvalue weighted by molar-refractivity contribution is -0.870. The van der Waals surface area contributed by atoms with Gasteiger partial charge in [0.05, 0.1) is 33.8 Å². The number of phosphoric ester groups is 1. The molecule has 0 heterocycles. The number of ether oxygens (including phenoxy) is 1. The zero-order valence-electron chi connectivity index (χ0n) is 45.8. The third kappa shape index (κ3) is 49.5. The van der Waals surface area contributed by atoms with Crippen molar-refractivity contribution < 1.29 is 37.3 Å². The van der Waals surface area contributed by atoms with E-state index in [0.717, 1.165) is 70.6 Å². The summed E-state index contributed by atoms with van der Waals surface area (Å²) in [5.41, 5.74) is 0. The van der Waals surface area contributed by atoms with Crippen LogP contribution in [0.25, 0.3) is 0 Å². The summed E-state index contributed by atoms with van der Waals surface area (Å²) in [4.78, 5) is 39.8. The molecular weight excluding hydrogens is 868 g/mol. The van der Waals surface area contributed by atoms with Crippen molar-refractivity contribution in [1.29, 1.82) is 0 Å². The molecule has 0 radical (unpaired) electrons. The van der Waals surface area contributed by atoms with E-state index in [1.54, 1.807) is 0 Å². The average molecular weight is 982 g/mol. The molecule has 0 rings (SSSR count). The average Bonchev–Trinajstić information content (AvgIpc) is 3.29. The SMILES string of the molecule is CCCCCC/C=C\CCCCCCCCCC(=O)OC(/C=C/CCCCCCCCCCC)C(COP(=O)([O-])OCC[N+](C)(C)C)NC(=O)CCCCCCCCCCCCCCCCCC. The van der Waals surface area contributed by atoms with Crippen LogP contribution >= 0.6 is 7.82 Å². The van der Waals surface area contributed by atoms with Crippen molar-refractivity contribution in [2.75, 3.05) is 40.9 Å². The molecule has 3 atom stereocenters. The predicted molar refractivity (Wildman–Crippen MR) is 289 cm³/mol. The van der Waals surface area contributed by atoms with Crippen LogP contribution in [0.15, 0.2) is 24.3 Å². The molecule has 0 aliphatic carbocycles. The Balaban J connectivity index is 5.28. The van der Waals surface area contributed by atoms with Crippen molar-refractivity contribution >= 4 is 19.7 Å². The first-order valence-electron chi connectivity index (χ1n) is 29.1. The van der Waals surface area contributed by atoms with E-state index in [-0.39, 0.29) is 31.5 Å². The van der Waals surface area contributed by atoms with E-state index in [2.05, 4.69) is 38.2 Å². The highest BCUT2D eigenvalue weighted by Crippen LogP contribution is 2.38. The van der Waals surface area contributed by atoms with Gasteiger partial charge in [-0.3, -0.25) is 14.2 Å². The number of carbonyl (C=O) groups excluding carboxylic acids is 2. The number of hydrogen-bond donors (Lipinski definition) is 1. The highest BCUT2D eigenvalue weighted by atomic mass is 31.2. The van der Waals surface area contributed by atoms with E-state index >= 15 is 0 Å². The molecule has 10 heteroatoms. The molecule has 0 bridgehead atoms. The van der Waals surface area contributed by atoms with Gasteiger partial charge in [-0.15, -0.1) is 0 Å². The van der Waals surface area contributed by atoms with E-state index in [9.17, 15) is 19.0 Å². The lowest BCUT2D eigenvalue weighted by atomic mass is 10.0. The second-order valence-electron chi connectivity index (χ2n) is 21.2. The molecule has 9 nitrogen and oxygen atoms in total. The van der Waals surface area contributed by atoms with Crippen LogP contribution in [0.2, 0.25) is 0 Å². The Kier molecular flexibility index (Phi) is 48.0. The van der Waals surface area contributed by atoms with Crippen molar-refractivity contribution in [3.05, 3.63) is 24.3 Å². The van der Waals surface area contributed by atoms with Gasteiger partial charge in [-0.05, 0) is 57.4 Å². The molecular formula is C58H113N2O7P. The first-order chi connectivity index (χ1) is 32.9. The fraction of sp³-hybridized carbons (Fsp3) is 0.897. The molecule has 402 valence electrons. The van der Waals surface area contributed by atoms with Crippen LogP contribution in [-0.2, 0) is 27.9 Å². The van der Waals surface area contributed by atoms with Gasteiger partial charge < -0.3 is 28.5 Å². The number of carbonyl (C=O) groups is 2. The Bertz CT molecular complexity index is 1220. The van der Waals surface area contributed by atoms with Crippen molar-refractivity contribution in [1.82, 2.24) is 5.32 Å². The summed E-state index contributed by atoms with van der Waals surface area (Å²) < 4.78 is 30.2. The lowest BCUT2D eigenvalue weighted by Gasteiger charge is -2.30. The molecule has 3 unspecified atom stereocenters. The Hall–Kier alpha value is -1.51. The highest BCUT2D eigenvalue weighted by molar-refractivity contribution is 7.45. The smallest absolute Gasteiger partial charge is 0.306 e. The second-order valence-corrected chi connectivity index (χ2v) is 22.6. The van der Waals surface area contributed by atoms with Gasteiger partial charge in [-0.25, -0.2) is 0 Å². The van der Waals surface area contributed by atoms with Gasteiger partial charge in [0.1, 0.15) is 19.3 Å². The van der Waals surface area contributed by atoms with Crippen LogP contribution in [0.1, 0.15) is 284 Å². The number of nitrogens with zero attached hydrogens (tertiary/aromatic N) is 1. The van der Waals surface area contributed by atoms with Crippen molar-refractivity contribution in [3.8, 4) is 0 Å². The number of likely N-dealkylation sites (N-methyl/N-ethyl adjacent to an activating group) is 1. The van der Waals surface area contributed by atoms with Gasteiger partial charge in [0.15, 0.2) is 0 Å². The first-order valence-corrected chi connectivity index (χ1v) is 30.6. The molecule has 1 amide bonds. The quantitative estimate of drug-likeness (QED) is 0.0212. The maximum atomic E-state index is 13.5. The molecule has 0 aliphatic heterocycles. The number of nitrogens with one attached hydrogen (secondary N) is 1.